The molecule has 0 saturated carbocycles. The standard InChI is InChI=1S/C23H30N2O5S2/c1-6-25(7-2)32(28,29)19-14-12-18(13-15-19)16(3)24-22(26)20-10-8-9-11-21(20)31-17(4)23(27)30-5/h8-17H,6-7H2,1-5H3,(H,24,26). The summed E-state index contributed by atoms with van der Waals surface area (Å²) in [6.07, 6.45) is 0. The number of hydrogen-bond acceptors (Lipinski definition) is 6. The number of thioether (sulfide) groups is 1. The van der Waals surface area contributed by atoms with Crippen molar-refractivity contribution in [3.8, 4) is 0 Å². The Kier molecular flexibility index (Phi) is 9.30. The number of nitrogens with zero attached hydrogens (tertiary/aromatic N) is 1. The van der Waals surface area contributed by atoms with E-state index in [1.54, 1.807) is 63.2 Å². The lowest BCUT2D eigenvalue weighted by molar-refractivity contribution is -0.139. The van der Waals surface area contributed by atoms with Crippen LogP contribution >= 0.6 is 11.8 Å². The van der Waals surface area contributed by atoms with Crippen LogP contribution in [0.3, 0.4) is 0 Å². The predicted octanol–water partition coefficient (Wildman–Crippen LogP) is 3.86. The van der Waals surface area contributed by atoms with E-state index in [2.05, 4.69) is 5.32 Å². The summed E-state index contributed by atoms with van der Waals surface area (Å²) >= 11 is 1.26. The number of methoxy groups -OCH3 is 1. The fraction of sp³-hybridized carbons (Fsp3) is 0.391. The molecule has 174 valence electrons. The van der Waals surface area contributed by atoms with E-state index in [0.29, 0.717) is 23.5 Å². The van der Waals surface area contributed by atoms with E-state index < -0.39 is 15.3 Å². The first-order chi connectivity index (χ1) is 15.1. The number of nitrogens with one attached hydrogen (secondary N) is 1. The second-order valence-electron chi connectivity index (χ2n) is 7.13. The summed E-state index contributed by atoms with van der Waals surface area (Å²) in [5.41, 5.74) is 1.24. The third kappa shape index (κ3) is 6.11. The van der Waals surface area contributed by atoms with E-state index >= 15 is 0 Å². The Balaban J connectivity index is 2.16. The Bertz CT molecular complexity index is 1030. The maximum absolute atomic E-state index is 12.9. The Morgan fingerprint density at radius 2 is 1.62 bits per heavy atom. The van der Waals surface area contributed by atoms with Crippen molar-refractivity contribution < 1.29 is 22.7 Å². The fourth-order valence-electron chi connectivity index (χ4n) is 3.16. The van der Waals surface area contributed by atoms with Gasteiger partial charge in [-0.05, 0) is 43.7 Å². The van der Waals surface area contributed by atoms with Crippen LogP contribution in [-0.4, -0.2) is 50.0 Å². The van der Waals surface area contributed by atoms with Gasteiger partial charge in [0.2, 0.25) is 10.0 Å². The van der Waals surface area contributed by atoms with E-state index in [0.717, 1.165) is 5.56 Å². The van der Waals surface area contributed by atoms with Crippen molar-refractivity contribution in [2.45, 2.75) is 48.8 Å². The van der Waals surface area contributed by atoms with Gasteiger partial charge in [-0.2, -0.15) is 4.31 Å². The van der Waals surface area contributed by atoms with E-state index in [9.17, 15) is 18.0 Å². The van der Waals surface area contributed by atoms with E-state index in [-0.39, 0.29) is 22.8 Å². The maximum Gasteiger partial charge on any atom is 0.318 e. The summed E-state index contributed by atoms with van der Waals surface area (Å²) in [6.45, 7) is 7.96. The predicted molar refractivity (Wildman–Crippen MR) is 126 cm³/mol. The molecular weight excluding hydrogens is 448 g/mol. The first-order valence-electron chi connectivity index (χ1n) is 10.4. The van der Waals surface area contributed by atoms with Gasteiger partial charge in [-0.1, -0.05) is 38.1 Å². The van der Waals surface area contributed by atoms with Crippen molar-refractivity contribution in [3.05, 3.63) is 59.7 Å². The molecule has 2 aromatic rings. The Morgan fingerprint density at radius 3 is 2.19 bits per heavy atom. The number of carbonyl (C=O) groups is 2. The van der Waals surface area contributed by atoms with Gasteiger partial charge >= 0.3 is 5.97 Å². The van der Waals surface area contributed by atoms with Gasteiger partial charge in [0.15, 0.2) is 0 Å². The molecule has 2 atom stereocenters. The lowest BCUT2D eigenvalue weighted by Crippen LogP contribution is -2.30. The monoisotopic (exact) mass is 478 g/mol. The number of benzene rings is 2. The van der Waals surface area contributed by atoms with Crippen molar-refractivity contribution in [2.24, 2.45) is 0 Å². The number of amides is 1. The Labute approximate surface area is 194 Å². The van der Waals surface area contributed by atoms with Gasteiger partial charge in [-0.25, -0.2) is 8.42 Å². The highest BCUT2D eigenvalue weighted by molar-refractivity contribution is 8.00. The second kappa shape index (κ2) is 11.5. The number of ether oxygens (including phenoxy) is 1. The minimum atomic E-state index is -3.53. The summed E-state index contributed by atoms with van der Waals surface area (Å²) < 4.78 is 31.5. The molecule has 1 N–H and O–H groups in total. The van der Waals surface area contributed by atoms with Crippen LogP contribution in [0, 0.1) is 0 Å². The Hall–Kier alpha value is -2.36. The van der Waals surface area contributed by atoms with Gasteiger partial charge in [0.1, 0.15) is 5.25 Å². The smallest absolute Gasteiger partial charge is 0.318 e. The topological polar surface area (TPSA) is 92.8 Å². The Morgan fingerprint density at radius 1 is 1.03 bits per heavy atom. The molecule has 2 aromatic carbocycles. The van der Waals surface area contributed by atoms with Gasteiger partial charge in [-0.3, -0.25) is 9.59 Å². The minimum absolute atomic E-state index is 0.224. The number of rotatable bonds is 10. The van der Waals surface area contributed by atoms with Crippen LogP contribution in [0.2, 0.25) is 0 Å². The van der Waals surface area contributed by atoms with Crippen molar-refractivity contribution in [1.82, 2.24) is 9.62 Å². The first kappa shape index (κ1) is 25.9. The van der Waals surface area contributed by atoms with Crippen LogP contribution in [0.25, 0.3) is 0 Å². The fourth-order valence-corrected chi connectivity index (χ4v) is 5.64. The maximum atomic E-state index is 12.9. The molecular formula is C23H30N2O5S2. The highest BCUT2D eigenvalue weighted by Gasteiger charge is 2.23. The van der Waals surface area contributed by atoms with Crippen LogP contribution in [0.1, 0.15) is 49.7 Å². The van der Waals surface area contributed by atoms with Gasteiger partial charge < -0.3 is 10.1 Å². The van der Waals surface area contributed by atoms with Crippen molar-refractivity contribution in [2.75, 3.05) is 20.2 Å². The van der Waals surface area contributed by atoms with E-state index in [4.69, 9.17) is 4.74 Å². The molecule has 1 amide bonds. The molecule has 0 aliphatic heterocycles. The lowest BCUT2D eigenvalue weighted by Gasteiger charge is -2.20. The first-order valence-corrected chi connectivity index (χ1v) is 12.7. The number of carbonyl (C=O) groups excluding carboxylic acids is 2. The van der Waals surface area contributed by atoms with Gasteiger partial charge in [0, 0.05) is 18.0 Å². The number of hydrogen-bond donors (Lipinski definition) is 1. The van der Waals surface area contributed by atoms with Crippen LogP contribution in [0.4, 0.5) is 0 Å². The molecule has 2 rings (SSSR count). The molecule has 0 aromatic heterocycles. The van der Waals surface area contributed by atoms with Gasteiger partial charge in [0.05, 0.1) is 23.6 Å². The van der Waals surface area contributed by atoms with Crippen LogP contribution in [-0.2, 0) is 19.6 Å². The largest absolute Gasteiger partial charge is 0.468 e. The minimum Gasteiger partial charge on any atom is -0.468 e. The molecule has 0 bridgehead atoms. The van der Waals surface area contributed by atoms with Crippen LogP contribution in [0.15, 0.2) is 58.3 Å². The average Bonchev–Trinajstić information content (AvgIpc) is 2.79. The van der Waals surface area contributed by atoms with Crippen LogP contribution < -0.4 is 5.32 Å². The molecule has 0 aliphatic carbocycles. The lowest BCUT2D eigenvalue weighted by atomic mass is 10.1. The molecule has 0 saturated heterocycles. The SMILES string of the molecule is CCN(CC)S(=O)(=O)c1ccc(C(C)NC(=O)c2ccccc2SC(C)C(=O)OC)cc1. The number of sulfonamides is 1. The quantitative estimate of drug-likeness (QED) is 0.412. The molecule has 0 aliphatic rings. The van der Waals surface area contributed by atoms with Gasteiger partial charge in [0.25, 0.3) is 5.91 Å². The zero-order chi connectivity index (χ0) is 23.9. The van der Waals surface area contributed by atoms with E-state index in [1.807, 2.05) is 13.0 Å². The summed E-state index contributed by atoms with van der Waals surface area (Å²) in [7, 11) is -2.20. The molecule has 7 nitrogen and oxygen atoms in total. The molecule has 9 heteroatoms. The zero-order valence-electron chi connectivity index (χ0n) is 19.0. The highest BCUT2D eigenvalue weighted by Crippen LogP contribution is 2.28. The summed E-state index contributed by atoms with van der Waals surface area (Å²) in [5, 5.41) is 2.49. The zero-order valence-corrected chi connectivity index (χ0v) is 20.6. The summed E-state index contributed by atoms with van der Waals surface area (Å²) in [5.74, 6) is -0.643. The van der Waals surface area contributed by atoms with Gasteiger partial charge in [-0.15, -0.1) is 11.8 Å². The van der Waals surface area contributed by atoms with E-state index in [1.165, 1.54) is 23.2 Å². The molecule has 0 spiro atoms. The molecule has 0 radical (unpaired) electrons. The normalized spacial score (nSPS) is 13.4. The molecule has 0 fully saturated rings. The molecule has 2 unspecified atom stereocenters. The second-order valence-corrected chi connectivity index (χ2v) is 10.5. The average molecular weight is 479 g/mol. The highest BCUT2D eigenvalue weighted by atomic mass is 32.2. The van der Waals surface area contributed by atoms with Crippen molar-refractivity contribution in [1.29, 1.82) is 0 Å². The summed E-state index contributed by atoms with van der Waals surface area (Å²) in [6, 6.07) is 13.3. The third-order valence-electron chi connectivity index (χ3n) is 5.04. The third-order valence-corrected chi connectivity index (χ3v) is 8.26. The van der Waals surface area contributed by atoms with Crippen molar-refractivity contribution in [3.63, 3.8) is 0 Å². The van der Waals surface area contributed by atoms with Crippen LogP contribution in [0.5, 0.6) is 0 Å². The number of esters is 1. The molecule has 32 heavy (non-hydrogen) atoms. The van der Waals surface area contributed by atoms with Crippen molar-refractivity contribution >= 4 is 33.7 Å². The molecule has 0 heterocycles. The summed E-state index contributed by atoms with van der Waals surface area (Å²) in [4.78, 5) is 25.6.